The highest BCUT2D eigenvalue weighted by Gasteiger charge is 2.54. The Balaban J connectivity index is 2.33. The fraction of sp³-hybridized carbons (Fsp3) is 0.500. The van der Waals surface area contributed by atoms with E-state index in [-0.39, 0.29) is 10.4 Å². The monoisotopic (exact) mass is 220 g/mol. The van der Waals surface area contributed by atoms with Gasteiger partial charge in [0.05, 0.1) is 5.69 Å². The zero-order valence-electron chi connectivity index (χ0n) is 7.45. The highest BCUT2D eigenvalue weighted by Crippen LogP contribution is 2.47. The predicted octanol–water partition coefficient (Wildman–Crippen LogP) is 1.48. The summed E-state index contributed by atoms with van der Waals surface area (Å²) in [4.78, 5) is 10.8. The minimum Gasteiger partial charge on any atom is -0.481 e. The molecule has 0 aliphatic heterocycles. The number of nitrogens with zero attached hydrogens (tertiary/aromatic N) is 2. The molecule has 0 unspecified atom stereocenters. The van der Waals surface area contributed by atoms with E-state index < -0.39 is 17.7 Å². The van der Waals surface area contributed by atoms with Gasteiger partial charge in [-0.2, -0.15) is 9.78 Å². The summed E-state index contributed by atoms with van der Waals surface area (Å²) in [5.41, 5.74) is -1.21. The molecule has 4 nitrogen and oxygen atoms in total. The van der Waals surface area contributed by atoms with Gasteiger partial charge in [-0.1, -0.05) is 0 Å². The van der Waals surface area contributed by atoms with Gasteiger partial charge in [0.15, 0.2) is 0 Å². The normalized spacial score (nSPS) is 18.9. The second-order valence-corrected chi connectivity index (χ2v) is 3.50. The van der Waals surface area contributed by atoms with E-state index in [1.807, 2.05) is 0 Å². The van der Waals surface area contributed by atoms with Crippen LogP contribution in [0.3, 0.4) is 0 Å². The summed E-state index contributed by atoms with van der Waals surface area (Å²) in [5.74, 6) is -1.12. The predicted molar refractivity (Wildman–Crippen MR) is 42.1 cm³/mol. The zero-order chi connectivity index (χ0) is 11.3. The Labute approximate surface area is 82.3 Å². The number of carbonyl (C=O) groups is 1. The SMILES string of the molecule is O=C(O)C1(c2ccn(C(F)(F)F)n2)CC1. The average molecular weight is 220 g/mol. The van der Waals surface area contributed by atoms with E-state index in [0.29, 0.717) is 12.8 Å². The van der Waals surface area contributed by atoms with Crippen LogP contribution in [-0.2, 0) is 16.5 Å². The molecule has 1 aliphatic rings. The lowest BCUT2D eigenvalue weighted by Crippen LogP contribution is -2.22. The molecule has 82 valence electrons. The van der Waals surface area contributed by atoms with Gasteiger partial charge in [-0.05, 0) is 18.9 Å². The summed E-state index contributed by atoms with van der Waals surface area (Å²) >= 11 is 0. The fourth-order valence-electron chi connectivity index (χ4n) is 1.42. The molecule has 0 radical (unpaired) electrons. The van der Waals surface area contributed by atoms with Crippen molar-refractivity contribution < 1.29 is 23.1 Å². The molecule has 0 aromatic carbocycles. The molecule has 1 aromatic heterocycles. The lowest BCUT2D eigenvalue weighted by Gasteiger charge is -2.07. The Bertz CT molecular complexity index is 406. The number of halogens is 3. The Kier molecular flexibility index (Phi) is 1.83. The lowest BCUT2D eigenvalue weighted by atomic mass is 10.0. The van der Waals surface area contributed by atoms with Gasteiger partial charge in [-0.15, -0.1) is 13.2 Å². The maximum absolute atomic E-state index is 12.2. The highest BCUT2D eigenvalue weighted by atomic mass is 19.4. The Morgan fingerprint density at radius 2 is 2.13 bits per heavy atom. The lowest BCUT2D eigenvalue weighted by molar-refractivity contribution is -0.212. The number of aromatic nitrogens is 2. The maximum atomic E-state index is 12.2. The highest BCUT2D eigenvalue weighted by molar-refractivity contribution is 5.84. The minimum atomic E-state index is -4.59. The molecule has 1 heterocycles. The van der Waals surface area contributed by atoms with Crippen LogP contribution in [0.15, 0.2) is 12.3 Å². The van der Waals surface area contributed by atoms with Crippen LogP contribution in [-0.4, -0.2) is 20.9 Å². The van der Waals surface area contributed by atoms with Gasteiger partial charge in [-0.3, -0.25) is 4.79 Å². The zero-order valence-corrected chi connectivity index (χ0v) is 7.45. The van der Waals surface area contributed by atoms with Crippen LogP contribution < -0.4 is 0 Å². The quantitative estimate of drug-likeness (QED) is 0.821. The molecular weight excluding hydrogens is 213 g/mol. The summed E-state index contributed by atoms with van der Waals surface area (Å²) in [6.45, 7) is 0. The Morgan fingerprint density at radius 1 is 1.53 bits per heavy atom. The average Bonchev–Trinajstić information content (AvgIpc) is 2.75. The molecule has 1 N–H and O–H groups in total. The van der Waals surface area contributed by atoms with Crippen LogP contribution in [0.5, 0.6) is 0 Å². The van der Waals surface area contributed by atoms with Crippen LogP contribution >= 0.6 is 0 Å². The number of hydrogen-bond acceptors (Lipinski definition) is 2. The number of alkyl halides is 3. The summed E-state index contributed by atoms with van der Waals surface area (Å²) in [7, 11) is 0. The van der Waals surface area contributed by atoms with Crippen molar-refractivity contribution in [2.45, 2.75) is 24.6 Å². The smallest absolute Gasteiger partial charge is 0.481 e. The van der Waals surface area contributed by atoms with Crippen molar-refractivity contribution in [3.05, 3.63) is 18.0 Å². The summed E-state index contributed by atoms with van der Waals surface area (Å²) in [6.07, 6.45) is -3.17. The van der Waals surface area contributed by atoms with E-state index in [2.05, 4.69) is 5.10 Å². The van der Waals surface area contributed by atoms with Crippen LogP contribution in [0, 0.1) is 0 Å². The molecule has 0 bridgehead atoms. The van der Waals surface area contributed by atoms with Gasteiger partial charge in [0.25, 0.3) is 0 Å². The number of rotatable bonds is 2. The van der Waals surface area contributed by atoms with Crippen LogP contribution in [0.25, 0.3) is 0 Å². The first-order valence-corrected chi connectivity index (χ1v) is 4.23. The molecule has 15 heavy (non-hydrogen) atoms. The van der Waals surface area contributed by atoms with Gasteiger partial charge in [0.1, 0.15) is 5.41 Å². The van der Waals surface area contributed by atoms with E-state index in [4.69, 9.17) is 5.11 Å². The first-order valence-electron chi connectivity index (χ1n) is 4.23. The van der Waals surface area contributed by atoms with Gasteiger partial charge in [0, 0.05) is 6.20 Å². The van der Waals surface area contributed by atoms with Crippen molar-refractivity contribution in [3.63, 3.8) is 0 Å². The molecule has 1 saturated carbocycles. The first-order chi connectivity index (χ1) is 6.86. The van der Waals surface area contributed by atoms with Crippen molar-refractivity contribution in [2.24, 2.45) is 0 Å². The molecule has 0 saturated heterocycles. The maximum Gasteiger partial charge on any atom is 0.504 e. The van der Waals surface area contributed by atoms with Crippen molar-refractivity contribution >= 4 is 5.97 Å². The molecule has 1 aromatic rings. The topological polar surface area (TPSA) is 55.1 Å². The second-order valence-electron chi connectivity index (χ2n) is 3.50. The van der Waals surface area contributed by atoms with Gasteiger partial charge in [0.2, 0.25) is 0 Å². The van der Waals surface area contributed by atoms with Crippen LogP contribution in [0.2, 0.25) is 0 Å². The third-order valence-corrected chi connectivity index (χ3v) is 2.50. The van der Waals surface area contributed by atoms with Crippen LogP contribution in [0.4, 0.5) is 13.2 Å². The largest absolute Gasteiger partial charge is 0.504 e. The number of carboxylic acid groups (broad SMARTS) is 1. The number of hydrogen-bond donors (Lipinski definition) is 1. The Morgan fingerprint density at radius 3 is 2.47 bits per heavy atom. The van der Waals surface area contributed by atoms with Crippen molar-refractivity contribution in [2.75, 3.05) is 0 Å². The molecule has 7 heteroatoms. The minimum absolute atomic E-state index is 0.0210. The van der Waals surface area contributed by atoms with E-state index in [0.717, 1.165) is 12.3 Å². The van der Waals surface area contributed by atoms with E-state index in [1.165, 1.54) is 0 Å². The summed E-state index contributed by atoms with van der Waals surface area (Å²) in [5, 5.41) is 12.1. The second kappa shape index (κ2) is 2.74. The van der Waals surface area contributed by atoms with Gasteiger partial charge >= 0.3 is 12.3 Å². The molecule has 1 fully saturated rings. The third kappa shape index (κ3) is 1.47. The van der Waals surface area contributed by atoms with Crippen molar-refractivity contribution in [3.8, 4) is 0 Å². The fourth-order valence-corrected chi connectivity index (χ4v) is 1.42. The number of aliphatic carboxylic acids is 1. The van der Waals surface area contributed by atoms with E-state index in [9.17, 15) is 18.0 Å². The van der Waals surface area contributed by atoms with Gasteiger partial charge in [-0.25, -0.2) is 0 Å². The molecule has 1 aliphatic carbocycles. The van der Waals surface area contributed by atoms with E-state index >= 15 is 0 Å². The van der Waals surface area contributed by atoms with Crippen molar-refractivity contribution in [1.82, 2.24) is 9.78 Å². The van der Waals surface area contributed by atoms with Crippen molar-refractivity contribution in [1.29, 1.82) is 0 Å². The Hall–Kier alpha value is -1.53. The molecular formula is C8H7F3N2O2. The molecule has 0 amide bonds. The van der Waals surface area contributed by atoms with Gasteiger partial charge < -0.3 is 5.11 Å². The molecule has 2 rings (SSSR count). The number of carboxylic acids is 1. The molecule has 0 spiro atoms. The van der Waals surface area contributed by atoms with Crippen LogP contribution in [0.1, 0.15) is 18.5 Å². The standard InChI is InChI=1S/C8H7F3N2O2/c9-8(10,11)13-4-1-5(12-13)7(2-3-7)6(14)15/h1,4H,2-3H2,(H,14,15). The first kappa shape index (κ1) is 10.0. The third-order valence-electron chi connectivity index (χ3n) is 2.50. The van der Waals surface area contributed by atoms with E-state index in [1.54, 1.807) is 0 Å². The molecule has 0 atom stereocenters. The summed E-state index contributed by atoms with van der Waals surface area (Å²) < 4.78 is 36.3. The summed E-state index contributed by atoms with van der Waals surface area (Å²) in [6, 6.07) is 1.11.